The van der Waals surface area contributed by atoms with Gasteiger partial charge in [0.25, 0.3) is 0 Å². The van der Waals surface area contributed by atoms with Crippen LogP contribution in [0.1, 0.15) is 6.23 Å². The predicted molar refractivity (Wildman–Crippen MR) is 107 cm³/mol. The average molecular weight is 553 g/mol. The van der Waals surface area contributed by atoms with Crippen molar-refractivity contribution in [3.8, 4) is 0 Å². The van der Waals surface area contributed by atoms with Crippen LogP contribution in [0, 0.1) is 0 Å². The van der Waals surface area contributed by atoms with Gasteiger partial charge in [-0.1, -0.05) is 0 Å². The maximum atomic E-state index is 11.9. The third-order valence-electron chi connectivity index (χ3n) is 4.03. The number of imidazole rings is 1. The summed E-state index contributed by atoms with van der Waals surface area (Å²) in [4.78, 5) is 47.9. The minimum Gasteiger partial charge on any atom is -0.387 e. The van der Waals surface area contributed by atoms with Gasteiger partial charge in [-0.15, -0.1) is 11.8 Å². The fourth-order valence-electron chi connectivity index (χ4n) is 2.80. The van der Waals surface area contributed by atoms with E-state index in [1.165, 1.54) is 22.7 Å². The SMILES string of the molecule is CSc1nc(N)nc2c1ncn2C1OC(COP(=O)(O)OP(=O)(O)OP(=O)(O)O)C(O)C1O. The van der Waals surface area contributed by atoms with E-state index >= 15 is 0 Å². The normalized spacial score (nSPS) is 27.5. The molecule has 18 nitrogen and oxygen atoms in total. The van der Waals surface area contributed by atoms with Crippen molar-refractivity contribution in [2.24, 2.45) is 0 Å². The molecule has 0 spiro atoms. The number of nitrogens with zero attached hydrogens (tertiary/aromatic N) is 4. The molecule has 2 aromatic heterocycles. The van der Waals surface area contributed by atoms with Crippen molar-refractivity contribution in [2.75, 3.05) is 18.6 Å². The summed E-state index contributed by atoms with van der Waals surface area (Å²) in [6, 6.07) is 0. The molecule has 2 aromatic rings. The van der Waals surface area contributed by atoms with Crippen LogP contribution in [0.5, 0.6) is 0 Å². The molecule has 186 valence electrons. The van der Waals surface area contributed by atoms with Gasteiger partial charge >= 0.3 is 23.5 Å². The van der Waals surface area contributed by atoms with Crippen molar-refractivity contribution in [2.45, 2.75) is 29.6 Å². The highest BCUT2D eigenvalue weighted by Crippen LogP contribution is 2.66. The number of aliphatic hydroxyl groups is 2. The molecule has 22 heteroatoms. The third kappa shape index (κ3) is 6.36. The Bertz CT molecular complexity index is 1170. The first-order chi connectivity index (χ1) is 15.1. The quantitative estimate of drug-likeness (QED) is 0.112. The zero-order valence-corrected chi connectivity index (χ0v) is 19.8. The van der Waals surface area contributed by atoms with E-state index in [2.05, 4.69) is 28.1 Å². The van der Waals surface area contributed by atoms with Gasteiger partial charge in [-0.05, 0) is 6.26 Å². The van der Waals surface area contributed by atoms with Crippen LogP contribution in [-0.4, -0.2) is 80.5 Å². The van der Waals surface area contributed by atoms with Crippen molar-refractivity contribution in [3.63, 3.8) is 0 Å². The Kier molecular flexibility index (Phi) is 7.71. The van der Waals surface area contributed by atoms with Crippen LogP contribution >= 0.6 is 35.2 Å². The van der Waals surface area contributed by atoms with Crippen molar-refractivity contribution in [3.05, 3.63) is 6.33 Å². The zero-order chi connectivity index (χ0) is 24.8. The fourth-order valence-corrected chi connectivity index (χ4v) is 6.35. The van der Waals surface area contributed by atoms with E-state index in [9.17, 15) is 28.8 Å². The summed E-state index contributed by atoms with van der Waals surface area (Å²) in [7, 11) is -16.7. The summed E-state index contributed by atoms with van der Waals surface area (Å²) in [6.07, 6.45) is -3.09. The summed E-state index contributed by atoms with van der Waals surface area (Å²) in [5, 5.41) is 21.1. The molecular weight excluding hydrogens is 535 g/mol. The Hall–Kier alpha value is -1.01. The van der Waals surface area contributed by atoms with E-state index in [1.54, 1.807) is 6.26 Å². The van der Waals surface area contributed by atoms with Crippen LogP contribution in [0.3, 0.4) is 0 Å². The van der Waals surface area contributed by atoms with Crippen molar-refractivity contribution < 1.29 is 61.4 Å². The molecule has 8 N–H and O–H groups in total. The number of phosphoric ester groups is 1. The van der Waals surface area contributed by atoms with Gasteiger partial charge in [0, 0.05) is 0 Å². The Labute approximate surface area is 188 Å². The van der Waals surface area contributed by atoms with Crippen molar-refractivity contribution >= 4 is 52.3 Å². The lowest BCUT2D eigenvalue weighted by Crippen LogP contribution is -2.33. The van der Waals surface area contributed by atoms with Crippen LogP contribution in [0.2, 0.25) is 0 Å². The minimum absolute atomic E-state index is 0.0918. The first-order valence-corrected chi connectivity index (χ1v) is 14.2. The van der Waals surface area contributed by atoms with Crippen molar-refractivity contribution in [1.29, 1.82) is 0 Å². The number of ether oxygens (including phenoxy) is 1. The van der Waals surface area contributed by atoms with Gasteiger partial charge in [-0.3, -0.25) is 9.09 Å². The predicted octanol–water partition coefficient (Wildman–Crippen LogP) is -0.907. The van der Waals surface area contributed by atoms with Crippen molar-refractivity contribution in [1.82, 2.24) is 19.5 Å². The molecule has 0 bridgehead atoms. The summed E-state index contributed by atoms with van der Waals surface area (Å²) >= 11 is 1.23. The molecule has 0 amide bonds. The number of nitrogen functional groups attached to an aromatic ring is 1. The summed E-state index contributed by atoms with van der Waals surface area (Å²) in [5.74, 6) is -0.0918. The largest absolute Gasteiger partial charge is 0.490 e. The van der Waals surface area contributed by atoms with E-state index < -0.39 is 54.6 Å². The molecule has 6 unspecified atom stereocenters. The maximum Gasteiger partial charge on any atom is 0.490 e. The zero-order valence-electron chi connectivity index (χ0n) is 16.3. The van der Waals surface area contributed by atoms with Gasteiger partial charge in [-0.25, -0.2) is 23.7 Å². The first-order valence-electron chi connectivity index (χ1n) is 8.46. The Morgan fingerprint density at radius 2 is 1.79 bits per heavy atom. The molecular formula is C11H18N5O13P3S. The molecule has 1 aliphatic rings. The molecule has 0 radical (unpaired) electrons. The van der Waals surface area contributed by atoms with E-state index in [-0.39, 0.29) is 11.6 Å². The highest BCUT2D eigenvalue weighted by Gasteiger charge is 2.47. The number of hydrogen-bond donors (Lipinski definition) is 7. The second-order valence-electron chi connectivity index (χ2n) is 6.35. The molecule has 1 fully saturated rings. The first kappa shape index (κ1) is 26.6. The highest BCUT2D eigenvalue weighted by atomic mass is 32.2. The second-order valence-corrected chi connectivity index (χ2v) is 11.6. The molecule has 1 saturated heterocycles. The number of fused-ring (bicyclic) bond motifs is 1. The number of anilines is 1. The standard InChI is InChI=1S/C11H18N5O13P3S/c1-33-9-5-8(14-11(12)15-9)16(3-13-5)10-7(18)6(17)4(27-10)2-26-31(22,23)29-32(24,25)28-30(19,20)21/h3-4,6-7,10,17-18H,2H2,1H3,(H,22,23)(H,24,25)(H2,12,14,15)(H2,19,20,21). The van der Waals surface area contributed by atoms with Gasteiger partial charge < -0.3 is 40.3 Å². The minimum atomic E-state index is -5.71. The van der Waals surface area contributed by atoms with Gasteiger partial charge in [-0.2, -0.15) is 13.6 Å². The molecule has 6 atom stereocenters. The van der Waals surface area contributed by atoms with Crippen LogP contribution in [0.25, 0.3) is 11.2 Å². The molecule has 33 heavy (non-hydrogen) atoms. The number of aliphatic hydroxyl groups excluding tert-OH is 2. The maximum absolute atomic E-state index is 11.9. The number of aromatic nitrogens is 4. The van der Waals surface area contributed by atoms with Crippen LogP contribution in [0.15, 0.2) is 11.4 Å². The molecule has 3 heterocycles. The van der Waals surface area contributed by atoms with E-state index in [0.717, 1.165) is 0 Å². The summed E-state index contributed by atoms with van der Waals surface area (Å²) < 4.78 is 52.2. The fraction of sp³-hybridized carbons (Fsp3) is 0.545. The Balaban J connectivity index is 1.73. The average Bonchev–Trinajstić information content (AvgIpc) is 3.18. The van der Waals surface area contributed by atoms with E-state index in [4.69, 9.17) is 25.2 Å². The molecule has 0 aliphatic carbocycles. The van der Waals surface area contributed by atoms with Crippen LogP contribution in [-0.2, 0) is 31.6 Å². The van der Waals surface area contributed by atoms with Crippen LogP contribution < -0.4 is 5.73 Å². The topological polar surface area (TPSA) is 279 Å². The number of hydrogen-bond acceptors (Lipinski definition) is 14. The molecule has 0 saturated carbocycles. The van der Waals surface area contributed by atoms with Crippen LogP contribution in [0.4, 0.5) is 5.95 Å². The molecule has 1 aliphatic heterocycles. The smallest absolute Gasteiger partial charge is 0.387 e. The lowest BCUT2D eigenvalue weighted by atomic mass is 10.1. The molecule has 0 aromatic carbocycles. The monoisotopic (exact) mass is 553 g/mol. The number of thioether (sulfide) groups is 1. The number of phosphoric acid groups is 3. The number of rotatable bonds is 9. The number of nitrogens with two attached hydrogens (primary N) is 1. The van der Waals surface area contributed by atoms with Gasteiger partial charge in [0.15, 0.2) is 11.9 Å². The Morgan fingerprint density at radius 1 is 1.12 bits per heavy atom. The summed E-state index contributed by atoms with van der Waals surface area (Å²) in [5.41, 5.74) is 6.17. The third-order valence-corrected chi connectivity index (χ3v) is 8.50. The van der Waals surface area contributed by atoms with E-state index in [1.807, 2.05) is 0 Å². The van der Waals surface area contributed by atoms with Gasteiger partial charge in [0.1, 0.15) is 28.9 Å². The lowest BCUT2D eigenvalue weighted by Gasteiger charge is -2.19. The Morgan fingerprint density at radius 3 is 2.39 bits per heavy atom. The van der Waals surface area contributed by atoms with Gasteiger partial charge in [0.2, 0.25) is 5.95 Å². The highest BCUT2D eigenvalue weighted by molar-refractivity contribution is 7.98. The van der Waals surface area contributed by atoms with Gasteiger partial charge in [0.05, 0.1) is 12.9 Å². The molecule has 3 rings (SSSR count). The van der Waals surface area contributed by atoms with E-state index in [0.29, 0.717) is 10.5 Å². The lowest BCUT2D eigenvalue weighted by molar-refractivity contribution is -0.0503. The second kappa shape index (κ2) is 9.56. The summed E-state index contributed by atoms with van der Waals surface area (Å²) in [6.45, 7) is -0.960.